The highest BCUT2D eigenvalue weighted by Crippen LogP contribution is 2.31. The Kier molecular flexibility index (Phi) is 6.19. The fraction of sp³-hybridized carbons (Fsp3) is 0.160. The number of nitrogens with one attached hydrogen (secondary N) is 2. The van der Waals surface area contributed by atoms with Crippen LogP contribution in [-0.2, 0) is 16.1 Å². The number of carbonyl (C=O) groups excluding carboxylic acids is 1. The molecule has 6 heteroatoms. The van der Waals surface area contributed by atoms with Crippen molar-refractivity contribution >= 4 is 28.4 Å². The van der Waals surface area contributed by atoms with Crippen LogP contribution in [0.1, 0.15) is 11.1 Å². The molecule has 0 saturated carbocycles. The molecule has 2 heterocycles. The molecule has 0 aliphatic carbocycles. The molecule has 0 saturated heterocycles. The summed E-state index contributed by atoms with van der Waals surface area (Å²) in [4.78, 5) is 20.4. The summed E-state index contributed by atoms with van der Waals surface area (Å²) in [7, 11) is 1.38. The van der Waals surface area contributed by atoms with E-state index in [1.807, 2.05) is 42.5 Å². The lowest BCUT2D eigenvalue weighted by Gasteiger charge is -2.14. The number of anilines is 2. The van der Waals surface area contributed by atoms with Crippen molar-refractivity contribution < 1.29 is 9.53 Å². The molecule has 0 fully saturated rings. The maximum absolute atomic E-state index is 11.3. The number of benzene rings is 2. The average molecular weight is 412 g/mol. The second-order valence-electron chi connectivity index (χ2n) is 7.22. The number of hydrogen-bond donors (Lipinski definition) is 2. The number of carbonyl (C=O) groups is 1. The molecular formula is C25H24N4O2. The smallest absolute Gasteiger partial charge is 0.319 e. The van der Waals surface area contributed by atoms with Crippen molar-refractivity contribution in [1.82, 2.24) is 15.3 Å². The molecule has 2 N–H and O–H groups in total. The quantitative estimate of drug-likeness (QED) is 0.432. The SMILES string of the molecule is COC(=O)CNCc1cnc2c(Nc3cccc(-c4ccccc4)c3C)nccc2c1. The molecule has 0 spiro atoms. The summed E-state index contributed by atoms with van der Waals surface area (Å²) in [6.45, 7) is 2.80. The molecule has 0 bridgehead atoms. The molecular weight excluding hydrogens is 388 g/mol. The van der Waals surface area contributed by atoms with Crippen LogP contribution in [0.15, 0.2) is 73.1 Å². The number of aromatic nitrogens is 2. The molecule has 0 unspecified atom stereocenters. The summed E-state index contributed by atoms with van der Waals surface area (Å²) in [5.74, 6) is 0.414. The molecule has 0 amide bonds. The summed E-state index contributed by atoms with van der Waals surface area (Å²) in [5.41, 5.74) is 6.28. The Morgan fingerprint density at radius 1 is 1.03 bits per heavy atom. The minimum Gasteiger partial charge on any atom is -0.468 e. The summed E-state index contributed by atoms with van der Waals surface area (Å²) >= 11 is 0. The van der Waals surface area contributed by atoms with Crippen LogP contribution in [0.5, 0.6) is 0 Å². The van der Waals surface area contributed by atoms with Crippen LogP contribution in [0.4, 0.5) is 11.5 Å². The normalized spacial score (nSPS) is 10.8. The van der Waals surface area contributed by atoms with E-state index in [9.17, 15) is 4.79 Å². The maximum atomic E-state index is 11.3. The second-order valence-corrected chi connectivity index (χ2v) is 7.22. The molecule has 2 aromatic heterocycles. The highest BCUT2D eigenvalue weighted by molar-refractivity contribution is 5.90. The van der Waals surface area contributed by atoms with Crippen molar-refractivity contribution in [3.8, 4) is 11.1 Å². The first-order valence-electron chi connectivity index (χ1n) is 10.1. The predicted molar refractivity (Wildman–Crippen MR) is 123 cm³/mol. The molecule has 2 aromatic carbocycles. The number of ether oxygens (including phenoxy) is 1. The van der Waals surface area contributed by atoms with Gasteiger partial charge in [0.2, 0.25) is 0 Å². The van der Waals surface area contributed by atoms with Gasteiger partial charge >= 0.3 is 5.97 Å². The van der Waals surface area contributed by atoms with Gasteiger partial charge in [-0.15, -0.1) is 0 Å². The Morgan fingerprint density at radius 3 is 2.68 bits per heavy atom. The number of rotatable bonds is 7. The standard InChI is InChI=1S/C25H24N4O2/c1-17-21(19-7-4-3-5-8-19)9-6-10-22(17)29-25-24-20(11-12-27-25)13-18(15-28-24)14-26-16-23(30)31-2/h3-13,15,26H,14,16H2,1-2H3,(H,27,29). The zero-order chi connectivity index (χ0) is 21.6. The molecule has 0 radical (unpaired) electrons. The van der Waals surface area contributed by atoms with Gasteiger partial charge in [-0.2, -0.15) is 0 Å². The van der Waals surface area contributed by atoms with E-state index in [0.29, 0.717) is 12.4 Å². The van der Waals surface area contributed by atoms with E-state index in [1.165, 1.54) is 18.2 Å². The van der Waals surface area contributed by atoms with Crippen LogP contribution in [0.25, 0.3) is 22.0 Å². The van der Waals surface area contributed by atoms with Crippen LogP contribution < -0.4 is 10.6 Å². The van der Waals surface area contributed by atoms with Gasteiger partial charge < -0.3 is 15.4 Å². The molecule has 4 rings (SSSR count). The number of methoxy groups -OCH3 is 1. The Bertz CT molecular complexity index is 1210. The third-order valence-electron chi connectivity index (χ3n) is 5.15. The topological polar surface area (TPSA) is 76.1 Å². The molecule has 4 aromatic rings. The molecule has 0 atom stereocenters. The van der Waals surface area contributed by atoms with E-state index < -0.39 is 0 Å². The fourth-order valence-electron chi connectivity index (χ4n) is 3.50. The molecule has 0 aliphatic heterocycles. The lowest BCUT2D eigenvalue weighted by atomic mass is 9.99. The van der Waals surface area contributed by atoms with E-state index in [1.54, 1.807) is 12.4 Å². The summed E-state index contributed by atoms with van der Waals surface area (Å²) in [6, 6.07) is 20.5. The van der Waals surface area contributed by atoms with Crippen LogP contribution in [0.3, 0.4) is 0 Å². The van der Waals surface area contributed by atoms with Gasteiger partial charge in [-0.1, -0.05) is 42.5 Å². The van der Waals surface area contributed by atoms with E-state index in [2.05, 4.69) is 50.5 Å². The van der Waals surface area contributed by atoms with Crippen LogP contribution in [-0.4, -0.2) is 29.6 Å². The average Bonchev–Trinajstić information content (AvgIpc) is 2.81. The third-order valence-corrected chi connectivity index (χ3v) is 5.15. The van der Waals surface area contributed by atoms with Gasteiger partial charge in [0.15, 0.2) is 5.82 Å². The molecule has 31 heavy (non-hydrogen) atoms. The number of fused-ring (bicyclic) bond motifs is 1. The lowest BCUT2D eigenvalue weighted by molar-refractivity contribution is -0.139. The van der Waals surface area contributed by atoms with Crippen molar-refractivity contribution in [2.45, 2.75) is 13.5 Å². The van der Waals surface area contributed by atoms with Crippen molar-refractivity contribution in [2.24, 2.45) is 0 Å². The van der Waals surface area contributed by atoms with E-state index in [-0.39, 0.29) is 12.5 Å². The number of pyridine rings is 2. The maximum Gasteiger partial charge on any atom is 0.319 e. The molecule has 6 nitrogen and oxygen atoms in total. The predicted octanol–water partition coefficient (Wildman–Crippen LogP) is 4.61. The zero-order valence-electron chi connectivity index (χ0n) is 17.6. The second kappa shape index (κ2) is 9.36. The summed E-state index contributed by atoms with van der Waals surface area (Å²) < 4.78 is 4.64. The highest BCUT2D eigenvalue weighted by atomic mass is 16.5. The Hall–Kier alpha value is -3.77. The summed E-state index contributed by atoms with van der Waals surface area (Å²) in [5, 5.41) is 7.49. The van der Waals surface area contributed by atoms with E-state index >= 15 is 0 Å². The fourth-order valence-corrected chi connectivity index (χ4v) is 3.50. The van der Waals surface area contributed by atoms with Crippen molar-refractivity contribution in [1.29, 1.82) is 0 Å². The third kappa shape index (κ3) is 4.70. The van der Waals surface area contributed by atoms with Gasteiger partial charge in [-0.05, 0) is 47.4 Å². The number of hydrogen-bond acceptors (Lipinski definition) is 6. The molecule has 0 aliphatic rings. The Labute approximate surface area is 181 Å². The van der Waals surface area contributed by atoms with Gasteiger partial charge in [0.25, 0.3) is 0 Å². The van der Waals surface area contributed by atoms with E-state index in [4.69, 9.17) is 0 Å². The Balaban J connectivity index is 1.59. The monoisotopic (exact) mass is 412 g/mol. The van der Waals surface area contributed by atoms with Gasteiger partial charge in [-0.25, -0.2) is 4.98 Å². The first-order chi connectivity index (χ1) is 15.2. The first kappa shape index (κ1) is 20.5. The van der Waals surface area contributed by atoms with E-state index in [0.717, 1.165) is 27.7 Å². The minimum absolute atomic E-state index is 0.161. The van der Waals surface area contributed by atoms with Crippen molar-refractivity contribution in [2.75, 3.05) is 19.0 Å². The van der Waals surface area contributed by atoms with Gasteiger partial charge in [0.1, 0.15) is 5.52 Å². The van der Waals surface area contributed by atoms with Crippen molar-refractivity contribution in [3.63, 3.8) is 0 Å². The highest BCUT2D eigenvalue weighted by Gasteiger charge is 2.10. The molecule has 156 valence electrons. The van der Waals surface area contributed by atoms with Crippen LogP contribution in [0.2, 0.25) is 0 Å². The minimum atomic E-state index is -0.294. The van der Waals surface area contributed by atoms with Crippen molar-refractivity contribution in [3.05, 3.63) is 84.2 Å². The van der Waals surface area contributed by atoms with Gasteiger partial charge in [0, 0.05) is 30.0 Å². The lowest BCUT2D eigenvalue weighted by Crippen LogP contribution is -2.23. The van der Waals surface area contributed by atoms with Crippen LogP contribution >= 0.6 is 0 Å². The largest absolute Gasteiger partial charge is 0.468 e. The van der Waals surface area contributed by atoms with Gasteiger partial charge in [-0.3, -0.25) is 9.78 Å². The Morgan fingerprint density at radius 2 is 1.87 bits per heavy atom. The zero-order valence-corrected chi connectivity index (χ0v) is 17.6. The van der Waals surface area contributed by atoms with Gasteiger partial charge in [0.05, 0.1) is 13.7 Å². The first-order valence-corrected chi connectivity index (χ1v) is 10.1. The number of esters is 1. The van der Waals surface area contributed by atoms with Crippen LogP contribution in [0, 0.1) is 6.92 Å². The number of nitrogens with zero attached hydrogens (tertiary/aromatic N) is 2. The summed E-state index contributed by atoms with van der Waals surface area (Å²) in [6.07, 6.45) is 3.57.